The van der Waals surface area contributed by atoms with Crippen molar-refractivity contribution in [3.05, 3.63) is 88.8 Å². The highest BCUT2D eigenvalue weighted by molar-refractivity contribution is 8.18. The molecule has 0 bridgehead atoms. The summed E-state index contributed by atoms with van der Waals surface area (Å²) in [5, 5.41) is 2.12. The summed E-state index contributed by atoms with van der Waals surface area (Å²) >= 11 is 0.822. The molecule has 3 amide bonds. The second-order valence-electron chi connectivity index (χ2n) is 9.14. The van der Waals surface area contributed by atoms with Crippen LogP contribution in [-0.4, -0.2) is 49.9 Å². The Balaban J connectivity index is 1.33. The maximum Gasteiger partial charge on any atom is 0.312 e. The number of sulfonamides is 1. The topological polar surface area (TPSA) is 130 Å². The SMILES string of the molecule is CC(=O)Nc1ccc(S(=O)(=O)N(C)c2ccc(OC(=O)CCN3C(=O)SC(=Cc4cccc(C)c4)C3=O)cc2)cc1. The Morgan fingerprint density at radius 3 is 2.34 bits per heavy atom. The first-order valence-electron chi connectivity index (χ1n) is 12.4. The molecule has 41 heavy (non-hydrogen) atoms. The zero-order valence-electron chi connectivity index (χ0n) is 22.5. The van der Waals surface area contributed by atoms with E-state index in [1.807, 2.05) is 31.2 Å². The Hall–Kier alpha value is -4.42. The maximum atomic E-state index is 13.0. The van der Waals surface area contributed by atoms with Gasteiger partial charge in [-0.1, -0.05) is 29.8 Å². The monoisotopic (exact) mass is 593 g/mol. The van der Waals surface area contributed by atoms with Crippen molar-refractivity contribution in [1.82, 2.24) is 4.90 Å². The Morgan fingerprint density at radius 2 is 1.71 bits per heavy atom. The molecule has 1 heterocycles. The van der Waals surface area contributed by atoms with Crippen LogP contribution in [-0.2, 0) is 24.4 Å². The fourth-order valence-corrected chi connectivity index (χ4v) is 5.98. The van der Waals surface area contributed by atoms with E-state index >= 15 is 0 Å². The smallest absolute Gasteiger partial charge is 0.312 e. The minimum absolute atomic E-state index is 0.0330. The fourth-order valence-electron chi connectivity index (χ4n) is 3.92. The molecule has 212 valence electrons. The van der Waals surface area contributed by atoms with Gasteiger partial charge in [0, 0.05) is 26.2 Å². The van der Waals surface area contributed by atoms with Crippen molar-refractivity contribution in [2.45, 2.75) is 25.2 Å². The van der Waals surface area contributed by atoms with Gasteiger partial charge in [0.1, 0.15) is 5.75 Å². The number of amides is 3. The summed E-state index contributed by atoms with van der Waals surface area (Å²) in [6.07, 6.45) is 1.44. The number of imide groups is 1. The van der Waals surface area contributed by atoms with Crippen molar-refractivity contribution in [3.8, 4) is 5.75 Å². The van der Waals surface area contributed by atoms with Crippen LogP contribution in [0.15, 0.2) is 82.6 Å². The summed E-state index contributed by atoms with van der Waals surface area (Å²) in [6, 6.07) is 19.2. The van der Waals surface area contributed by atoms with Crippen LogP contribution in [0, 0.1) is 6.92 Å². The fraction of sp³-hybridized carbons (Fsp3) is 0.172. The van der Waals surface area contributed by atoms with Gasteiger partial charge in [0.15, 0.2) is 0 Å². The minimum atomic E-state index is -3.89. The van der Waals surface area contributed by atoms with E-state index in [2.05, 4.69) is 5.32 Å². The van der Waals surface area contributed by atoms with Gasteiger partial charge in [-0.15, -0.1) is 0 Å². The summed E-state index contributed by atoms with van der Waals surface area (Å²) in [6.45, 7) is 3.16. The second-order valence-corrected chi connectivity index (χ2v) is 12.1. The van der Waals surface area contributed by atoms with E-state index in [1.165, 1.54) is 62.5 Å². The number of carbonyl (C=O) groups is 4. The van der Waals surface area contributed by atoms with Gasteiger partial charge >= 0.3 is 5.97 Å². The van der Waals surface area contributed by atoms with Crippen LogP contribution in [0.1, 0.15) is 24.5 Å². The van der Waals surface area contributed by atoms with Crippen LogP contribution in [0.3, 0.4) is 0 Å². The number of rotatable bonds is 9. The van der Waals surface area contributed by atoms with Crippen molar-refractivity contribution in [3.63, 3.8) is 0 Å². The molecule has 0 radical (unpaired) electrons. The second kappa shape index (κ2) is 12.4. The first-order chi connectivity index (χ1) is 19.4. The Labute approximate surface area is 242 Å². The molecule has 0 unspecified atom stereocenters. The summed E-state index contributed by atoms with van der Waals surface area (Å²) in [5.41, 5.74) is 2.63. The van der Waals surface area contributed by atoms with Crippen LogP contribution < -0.4 is 14.4 Å². The number of aryl methyl sites for hydroxylation is 1. The molecule has 4 rings (SSSR count). The molecular formula is C29H27N3O7S2. The number of anilines is 2. The van der Waals surface area contributed by atoms with E-state index in [-0.39, 0.29) is 34.4 Å². The van der Waals surface area contributed by atoms with E-state index in [4.69, 9.17) is 4.74 Å². The largest absolute Gasteiger partial charge is 0.426 e. The van der Waals surface area contributed by atoms with Crippen LogP contribution in [0.5, 0.6) is 5.75 Å². The lowest BCUT2D eigenvalue weighted by Gasteiger charge is -2.20. The van der Waals surface area contributed by atoms with Gasteiger partial charge in [-0.05, 0) is 78.9 Å². The van der Waals surface area contributed by atoms with Crippen molar-refractivity contribution >= 4 is 62.3 Å². The standard InChI is InChI=1S/C29H27N3O7S2/c1-19-5-4-6-21(17-19)18-26-28(35)32(29(36)40-26)16-15-27(34)39-24-11-9-23(10-12-24)31(3)41(37,38)25-13-7-22(8-14-25)30-20(2)33/h4-14,17-18H,15-16H2,1-3H3,(H,30,33). The lowest BCUT2D eigenvalue weighted by molar-refractivity contribution is -0.135. The highest BCUT2D eigenvalue weighted by atomic mass is 32.2. The molecule has 0 aromatic heterocycles. The van der Waals surface area contributed by atoms with Crippen LogP contribution in [0.25, 0.3) is 6.08 Å². The number of thioether (sulfide) groups is 1. The number of esters is 1. The van der Waals surface area contributed by atoms with Crippen molar-refractivity contribution in [2.75, 3.05) is 23.2 Å². The summed E-state index contributed by atoms with van der Waals surface area (Å²) in [4.78, 5) is 50.0. The molecule has 0 saturated carbocycles. The third-order valence-electron chi connectivity index (χ3n) is 6.02. The highest BCUT2D eigenvalue weighted by Gasteiger charge is 2.35. The normalized spacial score (nSPS) is 14.3. The van der Waals surface area contributed by atoms with Gasteiger partial charge < -0.3 is 10.1 Å². The third-order valence-corrected chi connectivity index (χ3v) is 8.73. The van der Waals surface area contributed by atoms with Crippen LogP contribution in [0.2, 0.25) is 0 Å². The number of nitrogens with zero attached hydrogens (tertiary/aromatic N) is 2. The number of hydrogen-bond acceptors (Lipinski definition) is 8. The van der Waals surface area contributed by atoms with Crippen molar-refractivity contribution in [2.24, 2.45) is 0 Å². The Bertz CT molecular complexity index is 1630. The van der Waals surface area contributed by atoms with Crippen molar-refractivity contribution in [1.29, 1.82) is 0 Å². The molecule has 1 saturated heterocycles. The predicted molar refractivity (Wildman–Crippen MR) is 157 cm³/mol. The van der Waals surface area contributed by atoms with Gasteiger partial charge in [0.25, 0.3) is 21.2 Å². The number of benzene rings is 3. The first kappa shape index (κ1) is 29.6. The third kappa shape index (κ3) is 7.21. The van der Waals surface area contributed by atoms with Gasteiger partial charge in [-0.3, -0.25) is 28.4 Å². The Kier molecular flexibility index (Phi) is 8.94. The summed E-state index contributed by atoms with van der Waals surface area (Å²) in [5.74, 6) is -1.21. The van der Waals surface area contributed by atoms with E-state index in [0.29, 0.717) is 11.4 Å². The summed E-state index contributed by atoms with van der Waals surface area (Å²) < 4.78 is 32.4. The van der Waals surface area contributed by atoms with E-state index < -0.39 is 27.1 Å². The zero-order chi connectivity index (χ0) is 29.7. The molecule has 12 heteroatoms. The molecule has 0 atom stereocenters. The molecule has 0 spiro atoms. The number of ether oxygens (including phenoxy) is 1. The molecule has 1 aliphatic heterocycles. The molecule has 10 nitrogen and oxygen atoms in total. The molecule has 1 N–H and O–H groups in total. The number of carbonyl (C=O) groups excluding carboxylic acids is 4. The Morgan fingerprint density at radius 1 is 1.02 bits per heavy atom. The summed E-state index contributed by atoms with van der Waals surface area (Å²) in [7, 11) is -2.50. The molecular weight excluding hydrogens is 566 g/mol. The van der Waals surface area contributed by atoms with Crippen LogP contribution in [0.4, 0.5) is 16.2 Å². The van der Waals surface area contributed by atoms with E-state index in [1.54, 1.807) is 6.08 Å². The van der Waals surface area contributed by atoms with E-state index in [0.717, 1.165) is 32.1 Å². The number of hydrogen-bond donors (Lipinski definition) is 1. The predicted octanol–water partition coefficient (Wildman–Crippen LogP) is 4.81. The van der Waals surface area contributed by atoms with Gasteiger partial charge in [-0.25, -0.2) is 8.42 Å². The average molecular weight is 594 g/mol. The van der Waals surface area contributed by atoms with E-state index in [9.17, 15) is 27.6 Å². The minimum Gasteiger partial charge on any atom is -0.426 e. The highest BCUT2D eigenvalue weighted by Crippen LogP contribution is 2.32. The molecule has 0 aliphatic carbocycles. The maximum absolute atomic E-state index is 13.0. The van der Waals surface area contributed by atoms with Crippen molar-refractivity contribution < 1.29 is 32.3 Å². The average Bonchev–Trinajstić information content (AvgIpc) is 3.19. The van der Waals surface area contributed by atoms with Gasteiger partial charge in [-0.2, -0.15) is 0 Å². The molecule has 3 aromatic rings. The van der Waals surface area contributed by atoms with Gasteiger partial charge in [0.05, 0.1) is 21.9 Å². The first-order valence-corrected chi connectivity index (χ1v) is 14.7. The zero-order valence-corrected chi connectivity index (χ0v) is 24.1. The van der Waals surface area contributed by atoms with Crippen LogP contribution >= 0.6 is 11.8 Å². The molecule has 1 fully saturated rings. The van der Waals surface area contributed by atoms with Gasteiger partial charge in [0.2, 0.25) is 5.91 Å². The molecule has 3 aromatic carbocycles. The lowest BCUT2D eigenvalue weighted by atomic mass is 10.1. The lowest BCUT2D eigenvalue weighted by Crippen LogP contribution is -2.31. The molecule has 1 aliphatic rings. The number of nitrogens with one attached hydrogen (secondary N) is 1. The quantitative estimate of drug-likeness (QED) is 0.213.